The highest BCUT2D eigenvalue weighted by molar-refractivity contribution is 6.05. The molecule has 3 N–H and O–H groups in total. The van der Waals surface area contributed by atoms with Crippen LogP contribution < -0.4 is 11.1 Å². The smallest absolute Gasteiger partial charge is 0.255 e. The number of amides is 1. The number of rotatable bonds is 5. The van der Waals surface area contributed by atoms with Gasteiger partial charge in [0, 0.05) is 50.0 Å². The molecule has 32 heavy (non-hydrogen) atoms. The number of aromatic nitrogens is 1. The highest BCUT2D eigenvalue weighted by atomic mass is 16.1. The first-order chi connectivity index (χ1) is 15.5. The lowest BCUT2D eigenvalue weighted by Gasteiger charge is -2.32. The number of carbonyl (C=O) groups is 1. The first kappa shape index (κ1) is 21.5. The molecule has 3 aromatic rings. The first-order valence-electron chi connectivity index (χ1n) is 10.6. The highest BCUT2D eigenvalue weighted by Crippen LogP contribution is 2.24. The van der Waals surface area contributed by atoms with E-state index in [4.69, 9.17) is 5.73 Å². The van der Waals surface area contributed by atoms with E-state index in [0.717, 1.165) is 43.9 Å². The summed E-state index contributed by atoms with van der Waals surface area (Å²) in [5.74, 6) is -0.245. The Morgan fingerprint density at radius 1 is 1.12 bits per heavy atom. The van der Waals surface area contributed by atoms with E-state index in [0.29, 0.717) is 28.2 Å². The molecule has 2 heterocycles. The number of hydrogen-bond acceptors (Lipinski definition) is 6. The van der Waals surface area contributed by atoms with E-state index < -0.39 is 0 Å². The number of nitriles is 1. The Kier molecular flexibility index (Phi) is 6.45. The fourth-order valence-electron chi connectivity index (χ4n) is 3.76. The fourth-order valence-corrected chi connectivity index (χ4v) is 3.76. The van der Waals surface area contributed by atoms with Crippen molar-refractivity contribution in [2.45, 2.75) is 6.54 Å². The number of benzene rings is 2. The maximum absolute atomic E-state index is 12.5. The Hall–Kier alpha value is -3.73. The summed E-state index contributed by atoms with van der Waals surface area (Å²) in [7, 11) is 2.13. The van der Waals surface area contributed by atoms with Gasteiger partial charge in [-0.3, -0.25) is 14.7 Å². The van der Waals surface area contributed by atoms with Crippen LogP contribution in [0.25, 0.3) is 11.3 Å². The number of para-hydroxylation sites is 2. The van der Waals surface area contributed by atoms with E-state index in [1.165, 1.54) is 0 Å². The number of hydrogen-bond donors (Lipinski definition) is 2. The van der Waals surface area contributed by atoms with Gasteiger partial charge in [0.05, 0.1) is 22.6 Å². The molecule has 1 aliphatic rings. The van der Waals surface area contributed by atoms with E-state index >= 15 is 0 Å². The molecule has 0 unspecified atom stereocenters. The molecule has 4 rings (SSSR count). The van der Waals surface area contributed by atoms with Crippen LogP contribution in [0.3, 0.4) is 0 Å². The number of nitrogens with one attached hydrogen (secondary N) is 1. The van der Waals surface area contributed by atoms with Crippen molar-refractivity contribution < 1.29 is 4.79 Å². The van der Waals surface area contributed by atoms with Crippen molar-refractivity contribution in [3.8, 4) is 17.3 Å². The summed E-state index contributed by atoms with van der Waals surface area (Å²) in [4.78, 5) is 21.8. The molecule has 0 atom stereocenters. The van der Waals surface area contributed by atoms with Crippen molar-refractivity contribution >= 4 is 17.3 Å². The number of nitrogen functional groups attached to an aromatic ring is 1. The van der Waals surface area contributed by atoms with Gasteiger partial charge >= 0.3 is 0 Å². The normalized spacial score (nSPS) is 14.6. The monoisotopic (exact) mass is 426 g/mol. The minimum Gasteiger partial charge on any atom is -0.397 e. The van der Waals surface area contributed by atoms with Crippen molar-refractivity contribution in [3.63, 3.8) is 0 Å². The van der Waals surface area contributed by atoms with Gasteiger partial charge in [0.15, 0.2) is 0 Å². The van der Waals surface area contributed by atoms with E-state index in [-0.39, 0.29) is 5.91 Å². The van der Waals surface area contributed by atoms with Gasteiger partial charge in [-0.2, -0.15) is 5.26 Å². The zero-order chi connectivity index (χ0) is 22.5. The summed E-state index contributed by atoms with van der Waals surface area (Å²) < 4.78 is 0. The van der Waals surface area contributed by atoms with E-state index in [1.807, 2.05) is 36.5 Å². The number of anilines is 2. The van der Waals surface area contributed by atoms with Gasteiger partial charge in [0.2, 0.25) is 0 Å². The van der Waals surface area contributed by atoms with Crippen LogP contribution in [0.4, 0.5) is 11.4 Å². The van der Waals surface area contributed by atoms with Gasteiger partial charge < -0.3 is 16.0 Å². The maximum Gasteiger partial charge on any atom is 0.255 e. The summed E-state index contributed by atoms with van der Waals surface area (Å²) >= 11 is 0. The van der Waals surface area contributed by atoms with Crippen LogP contribution in [0.1, 0.15) is 21.5 Å². The molecule has 1 aromatic heterocycles. The summed E-state index contributed by atoms with van der Waals surface area (Å²) in [5.41, 5.74) is 10.5. The topological polar surface area (TPSA) is 98.3 Å². The minimum absolute atomic E-state index is 0.245. The summed E-state index contributed by atoms with van der Waals surface area (Å²) in [5, 5.41) is 12.5. The molecule has 1 amide bonds. The third kappa shape index (κ3) is 4.94. The van der Waals surface area contributed by atoms with Crippen LogP contribution in [0.2, 0.25) is 0 Å². The molecule has 162 valence electrons. The largest absolute Gasteiger partial charge is 0.397 e. The molecular formula is C25H26N6O. The van der Waals surface area contributed by atoms with Gasteiger partial charge in [0.25, 0.3) is 5.91 Å². The Bertz CT molecular complexity index is 1140. The van der Waals surface area contributed by atoms with Gasteiger partial charge in [-0.25, -0.2) is 0 Å². The fraction of sp³-hybridized carbons (Fsp3) is 0.240. The molecule has 2 aromatic carbocycles. The zero-order valence-electron chi connectivity index (χ0n) is 18.1. The second kappa shape index (κ2) is 9.60. The summed E-state index contributed by atoms with van der Waals surface area (Å²) in [6.07, 6.45) is 1.84. The van der Waals surface area contributed by atoms with Gasteiger partial charge in [0.1, 0.15) is 6.07 Å². The van der Waals surface area contributed by atoms with Crippen LogP contribution in [0.5, 0.6) is 0 Å². The molecule has 1 fully saturated rings. The predicted octanol–water partition coefficient (Wildman–Crippen LogP) is 3.20. The van der Waals surface area contributed by atoms with Gasteiger partial charge in [-0.15, -0.1) is 0 Å². The molecule has 7 nitrogen and oxygen atoms in total. The summed E-state index contributed by atoms with van der Waals surface area (Å²) in [6, 6.07) is 18.4. The molecule has 0 aliphatic carbocycles. The standard InChI is InChI=1S/C25H26N6O/c1-30-10-12-31(13-11-30)17-18-14-21(15-26)24(28-16-18)19-6-8-20(9-7-19)25(32)29-23-5-3-2-4-22(23)27/h2-9,14,16H,10-13,17,27H2,1H3,(H,29,32). The highest BCUT2D eigenvalue weighted by Gasteiger charge is 2.16. The number of pyridine rings is 1. The Labute approximate surface area is 188 Å². The Balaban J connectivity index is 1.48. The van der Waals surface area contributed by atoms with Crippen molar-refractivity contribution in [2.24, 2.45) is 0 Å². The number of nitrogens with two attached hydrogens (primary N) is 1. The second-order valence-electron chi connectivity index (χ2n) is 8.05. The van der Waals surface area contributed by atoms with Crippen molar-refractivity contribution in [3.05, 3.63) is 77.5 Å². The van der Waals surface area contributed by atoms with Crippen LogP contribution >= 0.6 is 0 Å². The maximum atomic E-state index is 12.5. The molecule has 7 heteroatoms. The molecule has 0 saturated carbocycles. The Morgan fingerprint density at radius 3 is 2.53 bits per heavy atom. The lowest BCUT2D eigenvalue weighted by molar-refractivity contribution is 0.102. The lowest BCUT2D eigenvalue weighted by atomic mass is 10.0. The second-order valence-corrected chi connectivity index (χ2v) is 8.05. The first-order valence-corrected chi connectivity index (χ1v) is 10.6. The quantitative estimate of drug-likeness (QED) is 0.608. The zero-order valence-corrected chi connectivity index (χ0v) is 18.1. The van der Waals surface area contributed by atoms with Crippen LogP contribution in [-0.4, -0.2) is 53.9 Å². The van der Waals surface area contributed by atoms with E-state index in [1.54, 1.807) is 24.3 Å². The third-order valence-electron chi connectivity index (χ3n) is 5.70. The number of likely N-dealkylation sites (N-methyl/N-ethyl adjacent to an activating group) is 1. The van der Waals surface area contributed by atoms with Gasteiger partial charge in [-0.1, -0.05) is 24.3 Å². The molecule has 0 bridgehead atoms. The third-order valence-corrected chi connectivity index (χ3v) is 5.70. The van der Waals surface area contributed by atoms with Crippen molar-refractivity contribution in [2.75, 3.05) is 44.3 Å². The molecule has 0 spiro atoms. The number of nitrogens with zero attached hydrogens (tertiary/aromatic N) is 4. The van der Waals surface area contributed by atoms with Gasteiger partial charge in [-0.05, 0) is 42.9 Å². The average molecular weight is 427 g/mol. The van der Waals surface area contributed by atoms with Crippen LogP contribution in [-0.2, 0) is 6.54 Å². The summed E-state index contributed by atoms with van der Waals surface area (Å²) in [6.45, 7) is 4.91. The van der Waals surface area contributed by atoms with E-state index in [9.17, 15) is 10.1 Å². The average Bonchev–Trinajstić information content (AvgIpc) is 2.82. The minimum atomic E-state index is -0.245. The molecule has 1 saturated heterocycles. The lowest BCUT2D eigenvalue weighted by Crippen LogP contribution is -2.43. The molecule has 1 aliphatic heterocycles. The number of carbonyl (C=O) groups excluding carboxylic acids is 1. The SMILES string of the molecule is CN1CCN(Cc2cnc(-c3ccc(C(=O)Nc4ccccc4N)cc3)c(C#N)c2)CC1. The Morgan fingerprint density at radius 2 is 1.84 bits per heavy atom. The number of piperazine rings is 1. The van der Waals surface area contributed by atoms with Crippen molar-refractivity contribution in [1.29, 1.82) is 5.26 Å². The van der Waals surface area contributed by atoms with Crippen LogP contribution in [0, 0.1) is 11.3 Å². The van der Waals surface area contributed by atoms with E-state index in [2.05, 4.69) is 33.2 Å². The molecular weight excluding hydrogens is 400 g/mol. The van der Waals surface area contributed by atoms with Crippen molar-refractivity contribution in [1.82, 2.24) is 14.8 Å². The molecule has 0 radical (unpaired) electrons. The predicted molar refractivity (Wildman–Crippen MR) is 126 cm³/mol. The van der Waals surface area contributed by atoms with Crippen LogP contribution in [0.15, 0.2) is 60.8 Å².